The first-order valence-corrected chi connectivity index (χ1v) is 8.87. The number of anilines is 1. The summed E-state index contributed by atoms with van der Waals surface area (Å²) >= 11 is 5.91. The highest BCUT2D eigenvalue weighted by atomic mass is 35.5. The highest BCUT2D eigenvalue weighted by molar-refractivity contribution is 6.31. The summed E-state index contributed by atoms with van der Waals surface area (Å²) in [6.45, 7) is 0.408. The first kappa shape index (κ1) is 20.7. The van der Waals surface area contributed by atoms with Gasteiger partial charge in [0.15, 0.2) is 12.3 Å². The molecule has 1 heterocycles. The molecule has 0 atom stereocenters. The van der Waals surface area contributed by atoms with E-state index >= 15 is 0 Å². The van der Waals surface area contributed by atoms with Crippen molar-refractivity contribution in [3.63, 3.8) is 0 Å². The molecule has 3 aromatic rings. The Bertz CT molecular complexity index is 1130. The quantitative estimate of drug-likeness (QED) is 0.662. The van der Waals surface area contributed by atoms with Crippen molar-refractivity contribution >= 4 is 34.0 Å². The van der Waals surface area contributed by atoms with Crippen molar-refractivity contribution < 1.29 is 22.7 Å². The van der Waals surface area contributed by atoms with Gasteiger partial charge in [-0.25, -0.2) is 4.68 Å². The van der Waals surface area contributed by atoms with Crippen molar-refractivity contribution in [3.05, 3.63) is 63.5 Å². The van der Waals surface area contributed by atoms with Crippen LogP contribution in [0.5, 0.6) is 5.75 Å². The average Bonchev–Trinajstić information content (AvgIpc) is 2.67. The van der Waals surface area contributed by atoms with Gasteiger partial charge in [0, 0.05) is 17.0 Å². The van der Waals surface area contributed by atoms with E-state index in [1.807, 2.05) is 0 Å². The molecule has 0 radical (unpaired) electrons. The van der Waals surface area contributed by atoms with Crippen LogP contribution in [-0.4, -0.2) is 28.5 Å². The SMILES string of the molecule is CCn1nc(C(=O)Nc2cc(Cl)ccc2OCC(F)(F)F)c2ccccc2c1=O. The fraction of sp³-hybridized carbons (Fsp3) is 0.211. The fourth-order valence-corrected chi connectivity index (χ4v) is 2.86. The van der Waals surface area contributed by atoms with Crippen LogP contribution in [0.2, 0.25) is 5.02 Å². The van der Waals surface area contributed by atoms with E-state index < -0.39 is 18.7 Å². The van der Waals surface area contributed by atoms with E-state index in [0.717, 1.165) is 4.68 Å². The van der Waals surface area contributed by atoms with E-state index in [9.17, 15) is 22.8 Å². The van der Waals surface area contributed by atoms with Crippen molar-refractivity contribution in [2.24, 2.45) is 0 Å². The maximum atomic E-state index is 12.9. The number of aryl methyl sites for hydroxylation is 1. The highest BCUT2D eigenvalue weighted by Gasteiger charge is 2.29. The Morgan fingerprint density at radius 3 is 2.55 bits per heavy atom. The summed E-state index contributed by atoms with van der Waals surface area (Å²) in [5.74, 6) is -0.921. The standard InChI is InChI=1S/C19H15ClF3N3O3/c1-2-26-18(28)13-6-4-3-5-12(13)16(25-26)17(27)24-14-9-11(20)7-8-15(14)29-10-19(21,22)23/h3-9H,2,10H2,1H3,(H,24,27). The van der Waals surface area contributed by atoms with Crippen LogP contribution in [0.15, 0.2) is 47.3 Å². The summed E-state index contributed by atoms with van der Waals surface area (Å²) in [6, 6.07) is 10.3. The number of carbonyl (C=O) groups is 1. The smallest absolute Gasteiger partial charge is 0.422 e. The van der Waals surface area contributed by atoms with Gasteiger partial charge in [0.25, 0.3) is 11.5 Å². The Hall–Kier alpha value is -3.07. The molecule has 0 saturated heterocycles. The van der Waals surface area contributed by atoms with Crippen molar-refractivity contribution in [1.29, 1.82) is 0 Å². The topological polar surface area (TPSA) is 73.2 Å². The molecule has 1 aromatic heterocycles. The maximum absolute atomic E-state index is 12.9. The lowest BCUT2D eigenvalue weighted by molar-refractivity contribution is -0.153. The summed E-state index contributed by atoms with van der Waals surface area (Å²) in [4.78, 5) is 25.3. The molecule has 1 N–H and O–H groups in total. The zero-order valence-corrected chi connectivity index (χ0v) is 15.8. The number of nitrogens with one attached hydrogen (secondary N) is 1. The van der Waals surface area contributed by atoms with Gasteiger partial charge in [-0.05, 0) is 31.2 Å². The van der Waals surface area contributed by atoms with E-state index in [2.05, 4.69) is 10.4 Å². The number of rotatable bonds is 5. The molecule has 2 aromatic carbocycles. The number of alkyl halides is 3. The van der Waals surface area contributed by atoms with E-state index in [1.54, 1.807) is 31.2 Å². The zero-order valence-electron chi connectivity index (χ0n) is 15.1. The minimum atomic E-state index is -4.55. The Balaban J connectivity index is 2.00. The second-order valence-electron chi connectivity index (χ2n) is 6.01. The molecule has 1 amide bonds. The minimum absolute atomic E-state index is 0.0492. The summed E-state index contributed by atoms with van der Waals surface area (Å²) in [5, 5.41) is 7.37. The summed E-state index contributed by atoms with van der Waals surface area (Å²) in [5.41, 5.74) is -0.452. The largest absolute Gasteiger partial charge is 0.482 e. The van der Waals surface area contributed by atoms with Crippen LogP contribution in [0.4, 0.5) is 18.9 Å². The van der Waals surface area contributed by atoms with Crippen LogP contribution >= 0.6 is 11.6 Å². The lowest BCUT2D eigenvalue weighted by Crippen LogP contribution is -2.27. The number of hydrogen-bond donors (Lipinski definition) is 1. The number of carbonyl (C=O) groups excluding carboxylic acids is 1. The Labute approximate surface area is 167 Å². The van der Waals surface area contributed by atoms with Crippen LogP contribution in [-0.2, 0) is 6.54 Å². The number of amides is 1. The van der Waals surface area contributed by atoms with Gasteiger partial charge in [-0.2, -0.15) is 18.3 Å². The van der Waals surface area contributed by atoms with Gasteiger partial charge < -0.3 is 10.1 Å². The zero-order chi connectivity index (χ0) is 21.2. The van der Waals surface area contributed by atoms with Gasteiger partial charge in [0.2, 0.25) is 0 Å². The van der Waals surface area contributed by atoms with Crippen molar-refractivity contribution in [1.82, 2.24) is 9.78 Å². The molecule has 0 spiro atoms. The summed E-state index contributed by atoms with van der Waals surface area (Å²) < 4.78 is 43.4. The van der Waals surface area contributed by atoms with Gasteiger partial charge in [-0.3, -0.25) is 9.59 Å². The molecule has 0 aliphatic rings. The Morgan fingerprint density at radius 1 is 1.21 bits per heavy atom. The predicted octanol–water partition coefficient (Wildman–Crippen LogP) is 4.26. The Morgan fingerprint density at radius 2 is 1.90 bits per heavy atom. The monoisotopic (exact) mass is 425 g/mol. The van der Waals surface area contributed by atoms with Crippen LogP contribution in [0, 0.1) is 0 Å². The number of ether oxygens (including phenoxy) is 1. The van der Waals surface area contributed by atoms with Gasteiger partial charge in [0.1, 0.15) is 5.75 Å². The van der Waals surface area contributed by atoms with Crippen LogP contribution in [0.1, 0.15) is 17.4 Å². The molecule has 6 nitrogen and oxygen atoms in total. The number of aromatic nitrogens is 2. The number of halogens is 4. The van der Waals surface area contributed by atoms with Crippen LogP contribution < -0.4 is 15.6 Å². The maximum Gasteiger partial charge on any atom is 0.422 e. The summed E-state index contributed by atoms with van der Waals surface area (Å²) in [7, 11) is 0. The molecule has 0 bridgehead atoms. The normalized spacial score (nSPS) is 11.5. The highest BCUT2D eigenvalue weighted by Crippen LogP contribution is 2.30. The number of nitrogens with zero attached hydrogens (tertiary/aromatic N) is 2. The van der Waals surface area contributed by atoms with Crippen LogP contribution in [0.3, 0.4) is 0 Å². The van der Waals surface area contributed by atoms with Crippen molar-refractivity contribution in [2.45, 2.75) is 19.6 Å². The molecule has 3 rings (SSSR count). The average molecular weight is 426 g/mol. The number of fused-ring (bicyclic) bond motifs is 1. The molecule has 10 heteroatoms. The molecule has 29 heavy (non-hydrogen) atoms. The number of benzene rings is 2. The third-order valence-corrected chi connectivity index (χ3v) is 4.20. The van der Waals surface area contributed by atoms with E-state index in [0.29, 0.717) is 10.8 Å². The van der Waals surface area contributed by atoms with Crippen LogP contribution in [0.25, 0.3) is 10.8 Å². The Kier molecular flexibility index (Phi) is 5.78. The fourth-order valence-electron chi connectivity index (χ4n) is 2.68. The molecule has 152 valence electrons. The second kappa shape index (κ2) is 8.12. The lowest BCUT2D eigenvalue weighted by Gasteiger charge is -2.15. The molecule has 0 aliphatic heterocycles. The summed E-state index contributed by atoms with van der Waals surface area (Å²) in [6.07, 6.45) is -4.55. The second-order valence-corrected chi connectivity index (χ2v) is 6.45. The van der Waals surface area contributed by atoms with E-state index in [1.165, 1.54) is 18.2 Å². The first-order valence-electron chi connectivity index (χ1n) is 8.50. The lowest BCUT2D eigenvalue weighted by atomic mass is 10.1. The third kappa shape index (κ3) is 4.68. The molecular formula is C19H15ClF3N3O3. The predicted molar refractivity (Wildman–Crippen MR) is 103 cm³/mol. The number of hydrogen-bond acceptors (Lipinski definition) is 4. The minimum Gasteiger partial charge on any atom is -0.482 e. The van der Waals surface area contributed by atoms with Gasteiger partial charge in [0.05, 0.1) is 11.1 Å². The molecular weight excluding hydrogens is 411 g/mol. The van der Waals surface area contributed by atoms with Crippen molar-refractivity contribution in [2.75, 3.05) is 11.9 Å². The molecule has 0 saturated carbocycles. The van der Waals surface area contributed by atoms with Gasteiger partial charge in [-0.15, -0.1) is 0 Å². The van der Waals surface area contributed by atoms with Gasteiger partial charge >= 0.3 is 6.18 Å². The molecule has 0 aliphatic carbocycles. The molecule has 0 fully saturated rings. The first-order chi connectivity index (χ1) is 13.7. The molecule has 0 unspecified atom stereocenters. The third-order valence-electron chi connectivity index (χ3n) is 3.96. The van der Waals surface area contributed by atoms with E-state index in [-0.39, 0.29) is 34.3 Å². The van der Waals surface area contributed by atoms with E-state index in [4.69, 9.17) is 16.3 Å². The van der Waals surface area contributed by atoms with Crippen molar-refractivity contribution in [3.8, 4) is 5.75 Å². The van der Waals surface area contributed by atoms with Gasteiger partial charge in [-0.1, -0.05) is 29.8 Å².